The maximum atomic E-state index is 12.2. The lowest BCUT2D eigenvalue weighted by atomic mass is 9.99. The highest BCUT2D eigenvalue weighted by Gasteiger charge is 2.24. The molecule has 6 nitrogen and oxygen atoms in total. The zero-order chi connectivity index (χ0) is 22.9. The molecular formula is C27H25N5OS. The van der Waals surface area contributed by atoms with E-state index in [1.165, 1.54) is 21.6 Å². The van der Waals surface area contributed by atoms with Gasteiger partial charge in [0, 0.05) is 67.2 Å². The molecule has 0 aliphatic carbocycles. The molecule has 0 bridgehead atoms. The smallest absolute Gasteiger partial charge is 0.227 e. The van der Waals surface area contributed by atoms with Gasteiger partial charge in [0.25, 0.3) is 0 Å². The lowest BCUT2D eigenvalue weighted by Gasteiger charge is -2.29. The highest BCUT2D eigenvalue weighted by molar-refractivity contribution is 7.15. The molecule has 2 aliphatic rings. The third-order valence-corrected chi connectivity index (χ3v) is 7.61. The number of aromatic nitrogens is 3. The molecule has 1 saturated heterocycles. The second kappa shape index (κ2) is 8.99. The van der Waals surface area contributed by atoms with Crippen molar-refractivity contribution in [3.8, 4) is 11.4 Å². The number of hydrogen-bond acceptors (Lipinski definition) is 6. The number of hydrogen-bond donors (Lipinski definition) is 0. The van der Waals surface area contributed by atoms with Gasteiger partial charge in [-0.25, -0.2) is 15.0 Å². The Morgan fingerprint density at radius 2 is 1.76 bits per heavy atom. The summed E-state index contributed by atoms with van der Waals surface area (Å²) in [6, 6.07) is 16.8. The number of anilines is 2. The van der Waals surface area contributed by atoms with Crippen molar-refractivity contribution < 1.29 is 4.79 Å². The normalized spacial score (nSPS) is 15.6. The largest absolute Gasteiger partial charge is 0.343 e. The van der Waals surface area contributed by atoms with Crippen LogP contribution in [0.5, 0.6) is 0 Å². The van der Waals surface area contributed by atoms with Crippen LogP contribution in [0.1, 0.15) is 34.4 Å². The Hall–Kier alpha value is -3.58. The van der Waals surface area contributed by atoms with Crippen LogP contribution in [0.3, 0.4) is 0 Å². The van der Waals surface area contributed by atoms with Gasteiger partial charge in [-0.15, -0.1) is 11.3 Å². The van der Waals surface area contributed by atoms with E-state index in [9.17, 15) is 4.79 Å². The van der Waals surface area contributed by atoms with Gasteiger partial charge in [-0.1, -0.05) is 30.3 Å². The molecule has 0 spiro atoms. The molecule has 6 rings (SSSR count). The summed E-state index contributed by atoms with van der Waals surface area (Å²) in [7, 11) is 0. The number of thiazole rings is 1. The zero-order valence-corrected chi connectivity index (χ0v) is 19.7. The van der Waals surface area contributed by atoms with Gasteiger partial charge in [-0.3, -0.25) is 4.79 Å². The first-order chi connectivity index (χ1) is 16.7. The fourth-order valence-corrected chi connectivity index (χ4v) is 5.71. The van der Waals surface area contributed by atoms with Crippen LogP contribution in [0.2, 0.25) is 0 Å². The first-order valence-electron chi connectivity index (χ1n) is 11.7. The number of carbonyl (C=O) groups excluding carboxylic acids is 1. The predicted octanol–water partition coefficient (Wildman–Crippen LogP) is 4.88. The second-order valence-electron chi connectivity index (χ2n) is 8.83. The van der Waals surface area contributed by atoms with Crippen LogP contribution in [0.15, 0.2) is 67.1 Å². The maximum Gasteiger partial charge on any atom is 0.227 e. The predicted molar refractivity (Wildman–Crippen MR) is 135 cm³/mol. The van der Waals surface area contributed by atoms with Gasteiger partial charge >= 0.3 is 0 Å². The topological polar surface area (TPSA) is 62.2 Å². The van der Waals surface area contributed by atoms with Gasteiger partial charge in [-0.05, 0) is 47.7 Å². The van der Waals surface area contributed by atoms with Crippen LogP contribution in [0.4, 0.5) is 10.8 Å². The average Bonchev–Trinajstić information content (AvgIpc) is 3.53. The molecule has 0 unspecified atom stereocenters. The molecule has 0 radical (unpaired) electrons. The van der Waals surface area contributed by atoms with Gasteiger partial charge in [0.15, 0.2) is 11.0 Å². The molecule has 2 aliphatic heterocycles. The third kappa shape index (κ3) is 4.19. The van der Waals surface area contributed by atoms with E-state index in [2.05, 4.69) is 57.3 Å². The molecule has 0 N–H and O–H groups in total. The number of carbonyl (C=O) groups is 1. The summed E-state index contributed by atoms with van der Waals surface area (Å²) in [5.74, 6) is 0.985. The van der Waals surface area contributed by atoms with Crippen LogP contribution < -0.4 is 9.80 Å². The van der Waals surface area contributed by atoms with Gasteiger partial charge < -0.3 is 9.80 Å². The molecule has 0 atom stereocenters. The summed E-state index contributed by atoms with van der Waals surface area (Å²) in [6.07, 6.45) is 9.01. The number of nitrogens with zero attached hydrogens (tertiary/aromatic N) is 5. The number of fused-ring (bicyclic) bond motifs is 1. The molecule has 4 heterocycles. The van der Waals surface area contributed by atoms with Gasteiger partial charge in [0.1, 0.15) is 0 Å². The van der Waals surface area contributed by atoms with E-state index >= 15 is 0 Å². The van der Waals surface area contributed by atoms with Crippen molar-refractivity contribution in [3.63, 3.8) is 0 Å². The summed E-state index contributed by atoms with van der Waals surface area (Å²) >= 11 is 1.76. The quantitative estimate of drug-likeness (QED) is 0.419. The van der Waals surface area contributed by atoms with Crippen LogP contribution in [-0.4, -0.2) is 33.9 Å². The zero-order valence-electron chi connectivity index (χ0n) is 18.9. The maximum absolute atomic E-state index is 12.2. The lowest BCUT2D eigenvalue weighted by Crippen LogP contribution is -2.31. The SMILES string of the molecule is O=C1CCCN1c1ccc2c(c1)CN(c1ncc(Cc3ccc(-c4ncccn4)cc3)s1)CC2. The molecule has 7 heteroatoms. The van der Waals surface area contributed by atoms with Crippen molar-refractivity contribution in [1.82, 2.24) is 15.0 Å². The molecule has 34 heavy (non-hydrogen) atoms. The van der Waals surface area contributed by atoms with Gasteiger partial charge in [0.2, 0.25) is 5.91 Å². The monoisotopic (exact) mass is 467 g/mol. The molecular weight excluding hydrogens is 442 g/mol. The summed E-state index contributed by atoms with van der Waals surface area (Å²) < 4.78 is 0. The summed E-state index contributed by atoms with van der Waals surface area (Å²) in [5, 5.41) is 1.07. The molecule has 0 saturated carbocycles. The Kier molecular flexibility index (Phi) is 5.55. The Morgan fingerprint density at radius 3 is 2.56 bits per heavy atom. The van der Waals surface area contributed by atoms with Crippen molar-refractivity contribution in [2.45, 2.75) is 32.2 Å². The molecule has 2 aromatic heterocycles. The van der Waals surface area contributed by atoms with Gasteiger partial charge in [0.05, 0.1) is 0 Å². The fraction of sp³-hybridized carbons (Fsp3) is 0.259. The standard InChI is InChI=1S/C27H25N5OS/c33-25-3-1-13-32(25)23-9-8-20-10-14-31(18-22(20)16-23)27-30-17-24(34-27)15-19-4-6-21(7-5-19)26-28-11-2-12-29-26/h2,4-9,11-12,16-17H,1,3,10,13-15,18H2. The number of amides is 1. The first-order valence-corrected chi connectivity index (χ1v) is 12.5. The number of rotatable bonds is 5. The molecule has 170 valence electrons. The number of benzene rings is 2. The Labute approximate surface area is 202 Å². The summed E-state index contributed by atoms with van der Waals surface area (Å²) in [5.41, 5.74) is 5.99. The summed E-state index contributed by atoms with van der Waals surface area (Å²) in [4.78, 5) is 31.1. The molecule has 4 aromatic rings. The van der Waals surface area contributed by atoms with Crippen LogP contribution in [0, 0.1) is 0 Å². The van der Waals surface area contributed by atoms with Crippen LogP contribution >= 0.6 is 11.3 Å². The van der Waals surface area contributed by atoms with Crippen LogP contribution in [-0.2, 0) is 24.2 Å². The first kappa shape index (κ1) is 21.0. The lowest BCUT2D eigenvalue weighted by molar-refractivity contribution is -0.117. The van der Waals surface area contributed by atoms with E-state index < -0.39 is 0 Å². The van der Waals surface area contributed by atoms with Crippen molar-refractivity contribution in [2.75, 3.05) is 22.9 Å². The average molecular weight is 468 g/mol. The molecule has 1 amide bonds. The Morgan fingerprint density at radius 1 is 0.912 bits per heavy atom. The minimum absolute atomic E-state index is 0.238. The van der Waals surface area contributed by atoms with E-state index in [1.807, 2.05) is 17.2 Å². The highest BCUT2D eigenvalue weighted by Crippen LogP contribution is 2.32. The fourth-order valence-electron chi connectivity index (χ4n) is 4.74. The highest BCUT2D eigenvalue weighted by atomic mass is 32.1. The minimum atomic E-state index is 0.238. The van der Waals surface area contributed by atoms with E-state index in [0.717, 1.165) is 61.1 Å². The van der Waals surface area contributed by atoms with Gasteiger partial charge in [-0.2, -0.15) is 0 Å². The van der Waals surface area contributed by atoms with E-state index in [1.54, 1.807) is 23.7 Å². The van der Waals surface area contributed by atoms with Crippen LogP contribution in [0.25, 0.3) is 11.4 Å². The van der Waals surface area contributed by atoms with Crippen molar-refractivity contribution in [3.05, 3.63) is 88.7 Å². The Balaban J connectivity index is 1.15. The second-order valence-corrected chi connectivity index (χ2v) is 9.92. The van der Waals surface area contributed by atoms with Crippen molar-refractivity contribution in [2.24, 2.45) is 0 Å². The minimum Gasteiger partial charge on any atom is -0.343 e. The summed E-state index contributed by atoms with van der Waals surface area (Å²) in [6.45, 7) is 2.63. The van der Waals surface area contributed by atoms with E-state index in [4.69, 9.17) is 4.98 Å². The van der Waals surface area contributed by atoms with Crippen molar-refractivity contribution >= 4 is 28.1 Å². The van der Waals surface area contributed by atoms with Crippen molar-refractivity contribution in [1.29, 1.82) is 0 Å². The molecule has 1 fully saturated rings. The van der Waals surface area contributed by atoms with E-state index in [0.29, 0.717) is 6.42 Å². The van der Waals surface area contributed by atoms with E-state index in [-0.39, 0.29) is 5.91 Å². The Bertz CT molecular complexity index is 1320. The third-order valence-electron chi connectivity index (χ3n) is 6.56. The molecule has 2 aromatic carbocycles.